The van der Waals surface area contributed by atoms with E-state index in [1.807, 2.05) is 11.9 Å². The van der Waals surface area contributed by atoms with E-state index in [1.54, 1.807) is 7.05 Å². The van der Waals surface area contributed by atoms with Crippen molar-refractivity contribution in [1.29, 1.82) is 0 Å². The quantitative estimate of drug-likeness (QED) is 0.606. The topological polar surface area (TPSA) is 69.6 Å². The van der Waals surface area contributed by atoms with E-state index in [0.717, 1.165) is 13.0 Å². The molecule has 0 spiro atoms. The Morgan fingerprint density at radius 3 is 2.43 bits per heavy atom. The molecule has 0 aromatic carbocycles. The van der Waals surface area contributed by atoms with Crippen LogP contribution in [0.5, 0.6) is 0 Å². The molecule has 0 unspecified atom stereocenters. The molecule has 0 radical (unpaired) electrons. The third-order valence-electron chi connectivity index (χ3n) is 1.93. The van der Waals surface area contributed by atoms with Crippen molar-refractivity contribution in [2.45, 2.75) is 19.3 Å². The van der Waals surface area contributed by atoms with Gasteiger partial charge in [0.15, 0.2) is 0 Å². The summed E-state index contributed by atoms with van der Waals surface area (Å²) in [6, 6.07) is 0. The molecule has 5 nitrogen and oxygen atoms in total. The first-order valence-corrected chi connectivity index (χ1v) is 4.67. The van der Waals surface area contributed by atoms with Gasteiger partial charge in [0.1, 0.15) is 0 Å². The molecule has 0 heterocycles. The molecule has 5 heteroatoms. The lowest BCUT2D eigenvalue weighted by molar-refractivity contribution is -0.137. The monoisotopic (exact) mass is 202 g/mol. The molecular formula is C9H18N2O3. The van der Waals surface area contributed by atoms with E-state index >= 15 is 0 Å². The Kier molecular flexibility index (Phi) is 6.74. The van der Waals surface area contributed by atoms with Crippen molar-refractivity contribution >= 4 is 11.9 Å². The Hall–Kier alpha value is -1.10. The molecule has 0 aromatic heterocycles. The van der Waals surface area contributed by atoms with Gasteiger partial charge in [-0.05, 0) is 20.0 Å². The summed E-state index contributed by atoms with van der Waals surface area (Å²) in [5.74, 6) is -0.764. The van der Waals surface area contributed by atoms with Gasteiger partial charge >= 0.3 is 5.97 Å². The zero-order chi connectivity index (χ0) is 11.0. The van der Waals surface area contributed by atoms with Crippen molar-refractivity contribution in [3.63, 3.8) is 0 Å². The van der Waals surface area contributed by atoms with Crippen LogP contribution in [0.1, 0.15) is 19.3 Å². The molecule has 0 aliphatic heterocycles. The van der Waals surface area contributed by atoms with Crippen molar-refractivity contribution in [2.24, 2.45) is 0 Å². The lowest BCUT2D eigenvalue weighted by Crippen LogP contribution is -2.25. The number of aliphatic carboxylic acids is 1. The summed E-state index contributed by atoms with van der Waals surface area (Å²) in [7, 11) is 3.46. The number of carbonyl (C=O) groups excluding carboxylic acids is 1. The first-order chi connectivity index (χ1) is 6.56. The van der Waals surface area contributed by atoms with Gasteiger partial charge in [0.2, 0.25) is 5.91 Å². The van der Waals surface area contributed by atoms with Gasteiger partial charge in [0, 0.05) is 20.0 Å². The van der Waals surface area contributed by atoms with Crippen molar-refractivity contribution in [1.82, 2.24) is 10.2 Å². The third kappa shape index (κ3) is 7.54. The summed E-state index contributed by atoms with van der Waals surface area (Å²) in [6.45, 7) is 1.28. The summed E-state index contributed by atoms with van der Waals surface area (Å²) < 4.78 is 0. The summed E-state index contributed by atoms with van der Waals surface area (Å²) >= 11 is 0. The minimum Gasteiger partial charge on any atom is -0.481 e. The maximum Gasteiger partial charge on any atom is 0.304 e. The average Bonchev–Trinajstić information content (AvgIpc) is 2.14. The van der Waals surface area contributed by atoms with Crippen molar-refractivity contribution in [3.05, 3.63) is 0 Å². The summed E-state index contributed by atoms with van der Waals surface area (Å²) in [6.07, 6.45) is 1.40. The number of amides is 1. The average molecular weight is 202 g/mol. The van der Waals surface area contributed by atoms with Gasteiger partial charge in [-0.25, -0.2) is 0 Å². The van der Waals surface area contributed by atoms with Crippen LogP contribution in [-0.4, -0.2) is 49.1 Å². The fraction of sp³-hybridized carbons (Fsp3) is 0.778. The van der Waals surface area contributed by atoms with Crippen LogP contribution in [0.4, 0.5) is 0 Å². The highest BCUT2D eigenvalue weighted by atomic mass is 16.4. The number of carboxylic acids is 1. The Morgan fingerprint density at radius 2 is 1.93 bits per heavy atom. The van der Waals surface area contributed by atoms with Crippen molar-refractivity contribution in [3.8, 4) is 0 Å². The largest absolute Gasteiger partial charge is 0.481 e. The normalized spacial score (nSPS) is 10.2. The summed E-state index contributed by atoms with van der Waals surface area (Å²) in [4.78, 5) is 23.0. The molecule has 0 bridgehead atoms. The number of nitrogens with zero attached hydrogens (tertiary/aromatic N) is 1. The SMILES string of the molecule is CNC(=O)CCCN(C)CCC(=O)O. The number of rotatable bonds is 7. The number of hydrogen-bond acceptors (Lipinski definition) is 3. The molecule has 0 rings (SSSR count). The van der Waals surface area contributed by atoms with Crippen LogP contribution in [0.15, 0.2) is 0 Å². The highest BCUT2D eigenvalue weighted by Crippen LogP contribution is 1.94. The minimum absolute atomic E-state index is 0.0247. The third-order valence-corrected chi connectivity index (χ3v) is 1.93. The Morgan fingerprint density at radius 1 is 1.29 bits per heavy atom. The molecule has 0 aliphatic carbocycles. The van der Waals surface area contributed by atoms with Crippen LogP contribution in [0.3, 0.4) is 0 Å². The van der Waals surface area contributed by atoms with Gasteiger partial charge in [-0.3, -0.25) is 9.59 Å². The van der Waals surface area contributed by atoms with Crippen LogP contribution in [0, 0.1) is 0 Å². The molecule has 0 aromatic rings. The highest BCUT2D eigenvalue weighted by Gasteiger charge is 2.03. The lowest BCUT2D eigenvalue weighted by atomic mass is 10.2. The predicted octanol–water partition coefficient (Wildman–Crippen LogP) is -0.0809. The summed E-state index contributed by atoms with van der Waals surface area (Å²) in [5.41, 5.74) is 0. The fourth-order valence-electron chi connectivity index (χ4n) is 1.03. The molecule has 0 aliphatic rings. The maximum atomic E-state index is 10.8. The van der Waals surface area contributed by atoms with E-state index in [-0.39, 0.29) is 12.3 Å². The van der Waals surface area contributed by atoms with E-state index < -0.39 is 5.97 Å². The predicted molar refractivity (Wildman–Crippen MR) is 53.1 cm³/mol. The van der Waals surface area contributed by atoms with Gasteiger partial charge in [0.25, 0.3) is 0 Å². The second-order valence-corrected chi connectivity index (χ2v) is 3.22. The van der Waals surface area contributed by atoms with E-state index in [4.69, 9.17) is 5.11 Å². The van der Waals surface area contributed by atoms with Crippen LogP contribution in [0.25, 0.3) is 0 Å². The molecule has 0 saturated carbocycles. The first kappa shape index (κ1) is 12.9. The number of carbonyl (C=O) groups is 2. The van der Waals surface area contributed by atoms with Crippen LogP contribution in [-0.2, 0) is 9.59 Å². The van der Waals surface area contributed by atoms with Crippen LogP contribution in [0.2, 0.25) is 0 Å². The fourth-order valence-corrected chi connectivity index (χ4v) is 1.03. The maximum absolute atomic E-state index is 10.8. The number of carboxylic acid groups (broad SMARTS) is 1. The van der Waals surface area contributed by atoms with Crippen molar-refractivity contribution < 1.29 is 14.7 Å². The van der Waals surface area contributed by atoms with Gasteiger partial charge in [-0.15, -0.1) is 0 Å². The first-order valence-electron chi connectivity index (χ1n) is 4.67. The molecule has 2 N–H and O–H groups in total. The molecule has 0 atom stereocenters. The second kappa shape index (κ2) is 7.32. The Balaban J connectivity index is 3.39. The zero-order valence-corrected chi connectivity index (χ0v) is 8.75. The Bertz CT molecular complexity index is 194. The molecule has 0 fully saturated rings. The van der Waals surface area contributed by atoms with E-state index in [1.165, 1.54) is 0 Å². The lowest BCUT2D eigenvalue weighted by Gasteiger charge is -2.14. The Labute approximate surface area is 84.1 Å². The molecule has 1 amide bonds. The van der Waals surface area contributed by atoms with Gasteiger partial charge in [-0.1, -0.05) is 0 Å². The van der Waals surface area contributed by atoms with E-state index in [9.17, 15) is 9.59 Å². The molecular weight excluding hydrogens is 184 g/mol. The minimum atomic E-state index is -0.789. The number of nitrogens with one attached hydrogen (secondary N) is 1. The molecule has 82 valence electrons. The van der Waals surface area contributed by atoms with Gasteiger partial charge in [-0.2, -0.15) is 0 Å². The standard InChI is InChI=1S/C9H18N2O3/c1-10-8(12)4-3-6-11(2)7-5-9(13)14/h3-7H2,1-2H3,(H,10,12)(H,13,14). The van der Waals surface area contributed by atoms with Crippen LogP contribution < -0.4 is 5.32 Å². The number of hydrogen-bond donors (Lipinski definition) is 2. The highest BCUT2D eigenvalue weighted by molar-refractivity contribution is 5.75. The smallest absolute Gasteiger partial charge is 0.304 e. The molecule has 14 heavy (non-hydrogen) atoms. The van der Waals surface area contributed by atoms with Crippen LogP contribution >= 0.6 is 0 Å². The van der Waals surface area contributed by atoms with Gasteiger partial charge < -0.3 is 15.3 Å². The zero-order valence-electron chi connectivity index (χ0n) is 8.75. The second-order valence-electron chi connectivity index (χ2n) is 3.22. The summed E-state index contributed by atoms with van der Waals surface area (Å²) in [5, 5.41) is 11.0. The van der Waals surface area contributed by atoms with Gasteiger partial charge in [0.05, 0.1) is 6.42 Å². The van der Waals surface area contributed by atoms with Crippen molar-refractivity contribution in [2.75, 3.05) is 27.2 Å². The van der Waals surface area contributed by atoms with E-state index in [0.29, 0.717) is 13.0 Å². The molecule has 0 saturated heterocycles. The van der Waals surface area contributed by atoms with E-state index in [2.05, 4.69) is 5.32 Å².